The fourth-order valence-corrected chi connectivity index (χ4v) is 2.79. The highest BCUT2D eigenvalue weighted by molar-refractivity contribution is 6.36. The SMILES string of the molecule is CC(CC(=O)Nc1cc(Cl)ccc1Cl)=NNC(=O)COc1ccc(Cl)cc1Cl. The van der Waals surface area contributed by atoms with Gasteiger partial charge in [-0.2, -0.15) is 5.10 Å². The molecule has 0 fully saturated rings. The van der Waals surface area contributed by atoms with Crippen molar-refractivity contribution in [1.82, 2.24) is 5.43 Å². The molecule has 2 aromatic rings. The molecule has 28 heavy (non-hydrogen) atoms. The number of nitrogens with zero attached hydrogens (tertiary/aromatic N) is 1. The number of carbonyl (C=O) groups is 2. The monoisotopic (exact) mass is 461 g/mol. The summed E-state index contributed by atoms with van der Waals surface area (Å²) in [5.74, 6) is -0.549. The van der Waals surface area contributed by atoms with Crippen molar-refractivity contribution in [2.24, 2.45) is 5.10 Å². The highest BCUT2D eigenvalue weighted by Crippen LogP contribution is 2.27. The Balaban J connectivity index is 1.81. The zero-order chi connectivity index (χ0) is 20.7. The van der Waals surface area contributed by atoms with Gasteiger partial charge in [-0.05, 0) is 43.3 Å². The lowest BCUT2D eigenvalue weighted by atomic mass is 10.2. The maximum atomic E-state index is 12.1. The van der Waals surface area contributed by atoms with Gasteiger partial charge in [-0.15, -0.1) is 0 Å². The predicted octanol–water partition coefficient (Wildman–Crippen LogP) is 5.20. The van der Waals surface area contributed by atoms with Crippen LogP contribution in [-0.4, -0.2) is 24.1 Å². The Bertz CT molecular complexity index is 919. The van der Waals surface area contributed by atoms with E-state index in [1.165, 1.54) is 12.1 Å². The average molecular weight is 463 g/mol. The molecule has 2 aromatic carbocycles. The fraction of sp³-hybridized carbons (Fsp3) is 0.167. The Kier molecular flexibility index (Phi) is 8.38. The molecule has 0 atom stereocenters. The first kappa shape index (κ1) is 22.3. The molecule has 0 unspecified atom stereocenters. The second kappa shape index (κ2) is 10.5. The number of hydrogen-bond donors (Lipinski definition) is 2. The van der Waals surface area contributed by atoms with Crippen LogP contribution in [0.3, 0.4) is 0 Å². The molecule has 0 aliphatic heterocycles. The lowest BCUT2D eigenvalue weighted by Gasteiger charge is -2.08. The first-order valence-corrected chi connectivity index (χ1v) is 9.40. The van der Waals surface area contributed by atoms with Gasteiger partial charge in [-0.1, -0.05) is 46.4 Å². The normalized spacial score (nSPS) is 11.1. The number of rotatable bonds is 7. The zero-order valence-corrected chi connectivity index (χ0v) is 17.6. The van der Waals surface area contributed by atoms with Crippen molar-refractivity contribution in [1.29, 1.82) is 0 Å². The van der Waals surface area contributed by atoms with E-state index in [4.69, 9.17) is 51.1 Å². The first-order chi connectivity index (χ1) is 13.2. The van der Waals surface area contributed by atoms with E-state index < -0.39 is 5.91 Å². The van der Waals surface area contributed by atoms with Crippen LogP contribution < -0.4 is 15.5 Å². The third-order valence-corrected chi connectivity index (χ3v) is 4.34. The molecule has 2 N–H and O–H groups in total. The molecule has 148 valence electrons. The minimum absolute atomic E-state index is 0.0486. The van der Waals surface area contributed by atoms with Crippen LogP contribution in [0.1, 0.15) is 13.3 Å². The Morgan fingerprint density at radius 3 is 2.36 bits per heavy atom. The molecule has 2 rings (SSSR count). The van der Waals surface area contributed by atoms with Gasteiger partial charge in [0.2, 0.25) is 5.91 Å². The topological polar surface area (TPSA) is 79.8 Å². The molecule has 6 nitrogen and oxygen atoms in total. The van der Waals surface area contributed by atoms with Crippen LogP contribution >= 0.6 is 46.4 Å². The highest BCUT2D eigenvalue weighted by Gasteiger charge is 2.09. The van der Waals surface area contributed by atoms with Gasteiger partial charge in [0.1, 0.15) is 5.75 Å². The number of benzene rings is 2. The maximum absolute atomic E-state index is 12.1. The van der Waals surface area contributed by atoms with Crippen LogP contribution in [0.15, 0.2) is 41.5 Å². The first-order valence-electron chi connectivity index (χ1n) is 7.89. The molecular weight excluding hydrogens is 448 g/mol. The molecule has 0 heterocycles. The van der Waals surface area contributed by atoms with Crippen molar-refractivity contribution in [2.45, 2.75) is 13.3 Å². The average Bonchev–Trinajstić information content (AvgIpc) is 2.62. The summed E-state index contributed by atoms with van der Waals surface area (Å²) in [5, 5.41) is 8.03. The van der Waals surface area contributed by atoms with E-state index >= 15 is 0 Å². The zero-order valence-electron chi connectivity index (χ0n) is 14.6. The van der Waals surface area contributed by atoms with E-state index in [-0.39, 0.29) is 24.0 Å². The number of ether oxygens (including phenoxy) is 1. The number of carbonyl (C=O) groups excluding carboxylic acids is 2. The van der Waals surface area contributed by atoms with Gasteiger partial charge in [0.15, 0.2) is 6.61 Å². The second-order valence-corrected chi connectivity index (χ2v) is 7.28. The molecule has 2 amide bonds. The van der Waals surface area contributed by atoms with E-state index in [2.05, 4.69) is 15.8 Å². The van der Waals surface area contributed by atoms with Gasteiger partial charge < -0.3 is 10.1 Å². The Hall–Kier alpha value is -1.99. The summed E-state index contributed by atoms with van der Waals surface area (Å²) in [7, 11) is 0. The third-order valence-electron chi connectivity index (χ3n) is 3.24. The van der Waals surface area contributed by atoms with Crippen LogP contribution in [0.2, 0.25) is 20.1 Å². The minimum Gasteiger partial charge on any atom is -0.482 e. The molecular formula is C18H15Cl4N3O3. The number of anilines is 1. The second-order valence-electron chi connectivity index (χ2n) is 5.59. The van der Waals surface area contributed by atoms with Crippen molar-refractivity contribution < 1.29 is 14.3 Å². The van der Waals surface area contributed by atoms with Gasteiger partial charge in [0.25, 0.3) is 5.91 Å². The summed E-state index contributed by atoms with van der Waals surface area (Å²) in [5.41, 5.74) is 3.08. The van der Waals surface area contributed by atoms with Crippen molar-refractivity contribution in [3.63, 3.8) is 0 Å². The van der Waals surface area contributed by atoms with Crippen LogP contribution in [0.5, 0.6) is 5.75 Å². The van der Waals surface area contributed by atoms with E-state index in [1.54, 1.807) is 31.2 Å². The fourth-order valence-electron chi connectivity index (χ4n) is 1.99. The minimum atomic E-state index is -0.510. The maximum Gasteiger partial charge on any atom is 0.277 e. The van der Waals surface area contributed by atoms with Crippen LogP contribution in [-0.2, 0) is 9.59 Å². The molecule has 0 bridgehead atoms. The Morgan fingerprint density at radius 2 is 1.64 bits per heavy atom. The standard InChI is InChI=1S/C18H15Cl4N3O3/c1-10(6-17(26)23-15-8-12(20)2-4-13(15)21)24-25-18(27)9-28-16-5-3-11(19)7-14(16)22/h2-5,7-8H,6,9H2,1H3,(H,23,26)(H,25,27). The van der Waals surface area contributed by atoms with Gasteiger partial charge in [-0.3, -0.25) is 9.59 Å². The molecule has 0 aliphatic rings. The predicted molar refractivity (Wildman–Crippen MR) is 113 cm³/mol. The van der Waals surface area contributed by atoms with Crippen LogP contribution in [0, 0.1) is 0 Å². The molecule has 10 heteroatoms. The molecule has 0 saturated carbocycles. The van der Waals surface area contributed by atoms with Crippen LogP contribution in [0.25, 0.3) is 0 Å². The lowest BCUT2D eigenvalue weighted by molar-refractivity contribution is -0.123. The van der Waals surface area contributed by atoms with Crippen LogP contribution in [0.4, 0.5) is 5.69 Å². The number of hydrogen-bond acceptors (Lipinski definition) is 4. The Morgan fingerprint density at radius 1 is 0.964 bits per heavy atom. The summed E-state index contributed by atoms with van der Waals surface area (Å²) in [6.07, 6.45) is -0.0486. The number of hydrazone groups is 1. The van der Waals surface area contributed by atoms with E-state index in [9.17, 15) is 9.59 Å². The highest BCUT2D eigenvalue weighted by atomic mass is 35.5. The van der Waals surface area contributed by atoms with Crippen molar-refractivity contribution in [3.05, 3.63) is 56.5 Å². The third kappa shape index (κ3) is 7.20. The number of nitrogens with one attached hydrogen (secondary N) is 2. The van der Waals surface area contributed by atoms with Crippen molar-refractivity contribution in [2.75, 3.05) is 11.9 Å². The molecule has 0 radical (unpaired) electrons. The molecule has 0 saturated heterocycles. The summed E-state index contributed by atoms with van der Waals surface area (Å²) >= 11 is 23.6. The van der Waals surface area contributed by atoms with E-state index in [1.807, 2.05) is 0 Å². The smallest absolute Gasteiger partial charge is 0.277 e. The van der Waals surface area contributed by atoms with E-state index in [0.717, 1.165) is 0 Å². The lowest BCUT2D eigenvalue weighted by Crippen LogP contribution is -2.26. The number of halogens is 4. The number of amides is 2. The summed E-state index contributed by atoms with van der Waals surface area (Å²) in [4.78, 5) is 23.9. The summed E-state index contributed by atoms with van der Waals surface area (Å²) < 4.78 is 5.29. The van der Waals surface area contributed by atoms with Gasteiger partial charge in [-0.25, -0.2) is 5.43 Å². The van der Waals surface area contributed by atoms with Crippen molar-refractivity contribution in [3.8, 4) is 5.75 Å². The van der Waals surface area contributed by atoms with Gasteiger partial charge >= 0.3 is 0 Å². The molecule has 0 spiro atoms. The van der Waals surface area contributed by atoms with E-state index in [0.29, 0.717) is 32.2 Å². The Labute approximate surface area is 181 Å². The summed E-state index contributed by atoms with van der Waals surface area (Å²) in [6, 6.07) is 9.37. The largest absolute Gasteiger partial charge is 0.482 e. The molecule has 0 aliphatic carbocycles. The van der Waals surface area contributed by atoms with Crippen molar-refractivity contribution >= 4 is 69.6 Å². The molecule has 0 aromatic heterocycles. The van der Waals surface area contributed by atoms with Gasteiger partial charge in [0, 0.05) is 15.8 Å². The summed E-state index contributed by atoms with van der Waals surface area (Å²) in [6.45, 7) is 1.29. The van der Waals surface area contributed by atoms with Gasteiger partial charge in [0.05, 0.1) is 22.2 Å². The quantitative estimate of drug-likeness (QED) is 0.438.